The summed E-state index contributed by atoms with van der Waals surface area (Å²) in [7, 11) is 0. The van der Waals surface area contributed by atoms with Gasteiger partial charge in [-0.2, -0.15) is 0 Å². The zero-order valence-electron chi connectivity index (χ0n) is 19.7. The third kappa shape index (κ3) is 6.35. The molecular weight excluding hydrogens is 408 g/mol. The minimum absolute atomic E-state index is 0.0521. The normalized spacial score (nSPS) is 24.9. The molecule has 2 fully saturated rings. The van der Waals surface area contributed by atoms with Gasteiger partial charge in [-0.3, -0.25) is 4.90 Å². The number of rotatable bonds is 5. The number of likely N-dealkylation sites (tertiary alicyclic amines) is 2. The molecule has 7 nitrogen and oxygen atoms in total. The monoisotopic (exact) mass is 448 g/mol. The lowest BCUT2D eigenvalue weighted by Gasteiger charge is -2.32. The Labute approximate surface area is 191 Å². The molecule has 2 aliphatic rings. The predicted molar refractivity (Wildman–Crippen MR) is 127 cm³/mol. The largest absolute Gasteiger partial charge is 0.447 e. The van der Waals surface area contributed by atoms with Crippen molar-refractivity contribution < 1.29 is 4.42 Å². The molecule has 2 aromatic rings. The molecule has 2 aromatic heterocycles. The second-order valence-electron chi connectivity index (χ2n) is 10.1. The SMILES string of the molecule is CC(C)(C)N1CC[C@@H](C(N)c2nccs2)C1.CC(C)N1CC[C@@H](C(N)c2ncco2)C1. The Morgan fingerprint density at radius 1 is 1.03 bits per heavy atom. The maximum atomic E-state index is 6.27. The first-order chi connectivity index (χ1) is 14.7. The molecule has 2 saturated heterocycles. The summed E-state index contributed by atoms with van der Waals surface area (Å²) in [4.78, 5) is 13.4. The maximum absolute atomic E-state index is 6.27. The Balaban J connectivity index is 0.000000176. The van der Waals surface area contributed by atoms with Crippen LogP contribution in [-0.4, -0.2) is 57.5 Å². The van der Waals surface area contributed by atoms with Gasteiger partial charge in [0.15, 0.2) is 0 Å². The molecule has 0 radical (unpaired) electrons. The number of hydrogen-bond acceptors (Lipinski definition) is 8. The van der Waals surface area contributed by atoms with E-state index in [2.05, 4.69) is 54.4 Å². The quantitative estimate of drug-likeness (QED) is 0.720. The lowest BCUT2D eigenvalue weighted by Crippen LogP contribution is -2.40. The summed E-state index contributed by atoms with van der Waals surface area (Å²) in [5.41, 5.74) is 12.7. The molecule has 0 amide bonds. The summed E-state index contributed by atoms with van der Waals surface area (Å²) in [5.74, 6) is 1.71. The van der Waals surface area contributed by atoms with Crippen LogP contribution in [0.25, 0.3) is 0 Å². The van der Waals surface area contributed by atoms with Crippen molar-refractivity contribution in [1.29, 1.82) is 0 Å². The third-order valence-corrected chi connectivity index (χ3v) is 7.53. The fourth-order valence-corrected chi connectivity index (χ4v) is 5.20. The first kappa shape index (κ1) is 24.3. The minimum Gasteiger partial charge on any atom is -0.447 e. The predicted octanol–water partition coefficient (Wildman–Crippen LogP) is 3.67. The van der Waals surface area contributed by atoms with Crippen molar-refractivity contribution in [2.24, 2.45) is 23.3 Å². The number of oxazole rings is 1. The van der Waals surface area contributed by atoms with Gasteiger partial charge >= 0.3 is 0 Å². The summed E-state index contributed by atoms with van der Waals surface area (Å²) in [5, 5.41) is 3.09. The van der Waals surface area contributed by atoms with E-state index < -0.39 is 0 Å². The lowest BCUT2D eigenvalue weighted by molar-refractivity contribution is 0.165. The van der Waals surface area contributed by atoms with Gasteiger partial charge in [0.2, 0.25) is 5.89 Å². The number of thiazole rings is 1. The van der Waals surface area contributed by atoms with Crippen molar-refractivity contribution in [2.75, 3.05) is 26.2 Å². The number of nitrogens with two attached hydrogens (primary N) is 2. The van der Waals surface area contributed by atoms with Crippen LogP contribution in [0, 0.1) is 11.8 Å². The van der Waals surface area contributed by atoms with Crippen LogP contribution in [0.2, 0.25) is 0 Å². The fraction of sp³-hybridized carbons (Fsp3) is 0.739. The van der Waals surface area contributed by atoms with Crippen LogP contribution in [-0.2, 0) is 0 Å². The van der Waals surface area contributed by atoms with Crippen molar-refractivity contribution in [3.63, 3.8) is 0 Å². The molecule has 4 N–H and O–H groups in total. The zero-order chi connectivity index (χ0) is 22.6. The highest BCUT2D eigenvalue weighted by Gasteiger charge is 2.34. The summed E-state index contributed by atoms with van der Waals surface area (Å²) in [6.45, 7) is 15.7. The number of hydrogen-bond donors (Lipinski definition) is 2. The molecule has 0 bridgehead atoms. The van der Waals surface area contributed by atoms with Crippen molar-refractivity contribution >= 4 is 11.3 Å². The highest BCUT2D eigenvalue weighted by molar-refractivity contribution is 7.09. The molecule has 4 atom stereocenters. The smallest absolute Gasteiger partial charge is 0.211 e. The summed E-state index contributed by atoms with van der Waals surface area (Å²) in [6, 6.07) is 0.669. The molecule has 0 aromatic carbocycles. The molecular formula is C23H40N6OS. The Kier molecular flexibility index (Phi) is 8.26. The van der Waals surface area contributed by atoms with Gasteiger partial charge in [0.1, 0.15) is 11.3 Å². The van der Waals surface area contributed by atoms with Gasteiger partial charge in [-0.25, -0.2) is 9.97 Å². The molecule has 0 saturated carbocycles. The van der Waals surface area contributed by atoms with Gasteiger partial charge in [0, 0.05) is 36.2 Å². The first-order valence-electron chi connectivity index (χ1n) is 11.5. The Hall–Kier alpha value is -1.32. The van der Waals surface area contributed by atoms with Crippen LogP contribution < -0.4 is 11.5 Å². The van der Waals surface area contributed by atoms with E-state index in [1.165, 1.54) is 6.42 Å². The van der Waals surface area contributed by atoms with Crippen molar-refractivity contribution in [3.8, 4) is 0 Å². The van der Waals surface area contributed by atoms with E-state index in [1.54, 1.807) is 23.8 Å². The summed E-state index contributed by atoms with van der Waals surface area (Å²) in [6.07, 6.45) is 7.42. The standard InChI is InChI=1S/C12H21N3S.C11H19N3O/c1-12(2,3)15-6-4-9(8-15)10(13)11-14-5-7-16-11;1-8(2)14-5-3-9(7-14)10(12)11-13-4-6-15-11/h5,7,9-10H,4,6,8,13H2,1-3H3;4,6,8-10H,3,5,7,12H2,1-2H3/t2*9-,10?/m11/s1. The molecule has 4 heterocycles. The van der Waals surface area contributed by atoms with Crippen LogP contribution in [0.15, 0.2) is 28.5 Å². The van der Waals surface area contributed by atoms with E-state index in [1.807, 2.05) is 11.6 Å². The van der Waals surface area contributed by atoms with Crippen LogP contribution in [0.5, 0.6) is 0 Å². The molecule has 174 valence electrons. The third-order valence-electron chi connectivity index (χ3n) is 6.65. The van der Waals surface area contributed by atoms with Gasteiger partial charge in [0.25, 0.3) is 0 Å². The van der Waals surface area contributed by atoms with Crippen molar-refractivity contribution in [1.82, 2.24) is 19.8 Å². The molecule has 2 aliphatic heterocycles. The Bertz CT molecular complexity index is 758. The van der Waals surface area contributed by atoms with Crippen LogP contribution in [0.4, 0.5) is 0 Å². The minimum atomic E-state index is -0.0521. The summed E-state index contributed by atoms with van der Waals surface area (Å²) >= 11 is 1.67. The van der Waals surface area contributed by atoms with E-state index in [0.29, 0.717) is 23.8 Å². The average Bonchev–Trinajstić information content (AvgIpc) is 3.52. The van der Waals surface area contributed by atoms with E-state index in [0.717, 1.165) is 37.6 Å². The summed E-state index contributed by atoms with van der Waals surface area (Å²) < 4.78 is 5.25. The van der Waals surface area contributed by atoms with E-state index in [9.17, 15) is 0 Å². The molecule has 8 heteroatoms. The Morgan fingerprint density at radius 2 is 1.74 bits per heavy atom. The maximum Gasteiger partial charge on any atom is 0.211 e. The second-order valence-corrected chi connectivity index (χ2v) is 11.0. The molecule has 4 rings (SSSR count). The van der Waals surface area contributed by atoms with Crippen LogP contribution in [0.1, 0.15) is 70.4 Å². The molecule has 31 heavy (non-hydrogen) atoms. The highest BCUT2D eigenvalue weighted by Crippen LogP contribution is 2.32. The van der Waals surface area contributed by atoms with E-state index in [4.69, 9.17) is 15.9 Å². The first-order valence-corrected chi connectivity index (χ1v) is 12.3. The molecule has 0 spiro atoms. The van der Waals surface area contributed by atoms with Crippen molar-refractivity contribution in [2.45, 2.75) is 71.1 Å². The number of aromatic nitrogens is 2. The highest BCUT2D eigenvalue weighted by atomic mass is 32.1. The molecule has 2 unspecified atom stereocenters. The van der Waals surface area contributed by atoms with Crippen LogP contribution in [0.3, 0.4) is 0 Å². The van der Waals surface area contributed by atoms with Gasteiger partial charge in [-0.15, -0.1) is 11.3 Å². The van der Waals surface area contributed by atoms with Gasteiger partial charge in [0.05, 0.1) is 18.3 Å². The fourth-order valence-electron chi connectivity index (χ4n) is 4.47. The van der Waals surface area contributed by atoms with Crippen LogP contribution >= 0.6 is 11.3 Å². The van der Waals surface area contributed by atoms with E-state index in [-0.39, 0.29) is 17.6 Å². The topological polar surface area (TPSA) is 97.4 Å². The molecule has 0 aliphatic carbocycles. The van der Waals surface area contributed by atoms with E-state index >= 15 is 0 Å². The zero-order valence-corrected chi connectivity index (χ0v) is 20.5. The van der Waals surface area contributed by atoms with Gasteiger partial charge < -0.3 is 20.8 Å². The Morgan fingerprint density at radius 3 is 2.26 bits per heavy atom. The van der Waals surface area contributed by atoms with Gasteiger partial charge in [-0.1, -0.05) is 0 Å². The van der Waals surface area contributed by atoms with Gasteiger partial charge in [-0.05, 0) is 72.4 Å². The number of nitrogens with zero attached hydrogens (tertiary/aromatic N) is 4. The van der Waals surface area contributed by atoms with Crippen molar-refractivity contribution in [3.05, 3.63) is 34.9 Å². The second kappa shape index (κ2) is 10.5. The average molecular weight is 449 g/mol. The lowest BCUT2D eigenvalue weighted by atomic mass is 10.00.